The van der Waals surface area contributed by atoms with Gasteiger partial charge in [-0.05, 0) is 44.2 Å². The molecule has 0 saturated heterocycles. The second-order valence-corrected chi connectivity index (χ2v) is 6.30. The van der Waals surface area contributed by atoms with E-state index >= 15 is 0 Å². The Morgan fingerprint density at radius 3 is 2.44 bits per heavy atom. The van der Waals surface area contributed by atoms with Crippen molar-refractivity contribution in [3.63, 3.8) is 0 Å². The third kappa shape index (κ3) is 5.50. The van der Waals surface area contributed by atoms with Crippen LogP contribution in [0.2, 0.25) is 0 Å². The summed E-state index contributed by atoms with van der Waals surface area (Å²) in [5, 5.41) is 3.10. The van der Waals surface area contributed by atoms with Gasteiger partial charge in [-0.3, -0.25) is 4.90 Å². The molecule has 0 aliphatic rings. The molecule has 0 spiro atoms. The molecule has 5 heteroatoms. The van der Waals surface area contributed by atoms with Crippen LogP contribution >= 0.6 is 0 Å². The zero-order valence-electron chi connectivity index (χ0n) is 15.5. The van der Waals surface area contributed by atoms with E-state index in [4.69, 9.17) is 10.5 Å². The van der Waals surface area contributed by atoms with Crippen LogP contribution in [0.15, 0.2) is 53.5 Å². The number of anilines is 1. The highest BCUT2D eigenvalue weighted by Gasteiger charge is 2.08. The molecule has 0 aromatic heterocycles. The van der Waals surface area contributed by atoms with Gasteiger partial charge in [0.1, 0.15) is 5.75 Å². The lowest BCUT2D eigenvalue weighted by Gasteiger charge is -2.22. The van der Waals surface area contributed by atoms with Crippen LogP contribution in [0.1, 0.15) is 25.0 Å². The zero-order chi connectivity index (χ0) is 18.2. The van der Waals surface area contributed by atoms with E-state index < -0.39 is 0 Å². The number of para-hydroxylation sites is 2. The number of nitrogens with one attached hydrogen (secondary N) is 1. The lowest BCUT2D eigenvalue weighted by molar-refractivity contribution is 0.265. The van der Waals surface area contributed by atoms with Crippen molar-refractivity contribution < 1.29 is 4.74 Å². The first kappa shape index (κ1) is 18.8. The molecule has 0 radical (unpaired) electrons. The van der Waals surface area contributed by atoms with E-state index in [1.165, 1.54) is 11.1 Å². The molecule has 3 N–H and O–H groups in total. The molecule has 0 fully saturated rings. The summed E-state index contributed by atoms with van der Waals surface area (Å²) in [6, 6.07) is 16.5. The number of ether oxygens (including phenoxy) is 1. The van der Waals surface area contributed by atoms with Crippen LogP contribution in [0.3, 0.4) is 0 Å². The molecule has 0 bridgehead atoms. The molecule has 2 rings (SSSR count). The number of nitrogens with zero attached hydrogens (tertiary/aromatic N) is 2. The number of rotatable bonds is 7. The number of hydrogen-bond acceptors (Lipinski definition) is 3. The van der Waals surface area contributed by atoms with Gasteiger partial charge in [-0.1, -0.05) is 36.4 Å². The third-order valence-electron chi connectivity index (χ3n) is 4.21. The molecule has 2 aromatic carbocycles. The van der Waals surface area contributed by atoms with E-state index in [1.54, 1.807) is 7.11 Å². The van der Waals surface area contributed by atoms with Crippen LogP contribution in [0.25, 0.3) is 0 Å². The number of benzene rings is 2. The van der Waals surface area contributed by atoms with Gasteiger partial charge in [0.05, 0.1) is 19.3 Å². The molecule has 0 unspecified atom stereocenters. The normalized spacial score (nSPS) is 11.8. The largest absolute Gasteiger partial charge is 0.495 e. The minimum atomic E-state index is 0.372. The Balaban J connectivity index is 2.08. The minimum absolute atomic E-state index is 0.372. The van der Waals surface area contributed by atoms with Gasteiger partial charge >= 0.3 is 0 Å². The molecule has 0 aliphatic carbocycles. The molecule has 5 nitrogen and oxygen atoms in total. The summed E-state index contributed by atoms with van der Waals surface area (Å²) in [7, 11) is 3.76. The van der Waals surface area contributed by atoms with E-state index in [1.807, 2.05) is 30.3 Å². The number of guanidine groups is 1. The second-order valence-electron chi connectivity index (χ2n) is 6.30. The molecular formula is C20H28N4O. The van der Waals surface area contributed by atoms with Crippen molar-refractivity contribution in [2.24, 2.45) is 10.7 Å². The first-order valence-corrected chi connectivity index (χ1v) is 8.48. The van der Waals surface area contributed by atoms with E-state index in [-0.39, 0.29) is 0 Å². The Labute approximate surface area is 150 Å². The van der Waals surface area contributed by atoms with E-state index in [0.29, 0.717) is 18.5 Å². The molecular weight excluding hydrogens is 312 g/mol. The lowest BCUT2D eigenvalue weighted by Crippen LogP contribution is -2.26. The van der Waals surface area contributed by atoms with E-state index in [9.17, 15) is 0 Å². The van der Waals surface area contributed by atoms with Crippen LogP contribution in [-0.2, 0) is 13.1 Å². The van der Waals surface area contributed by atoms with Gasteiger partial charge in [-0.2, -0.15) is 0 Å². The summed E-state index contributed by atoms with van der Waals surface area (Å²) < 4.78 is 5.32. The Kier molecular flexibility index (Phi) is 6.83. The maximum atomic E-state index is 6.05. The smallest absolute Gasteiger partial charge is 0.193 e. The summed E-state index contributed by atoms with van der Waals surface area (Å²) in [5.41, 5.74) is 9.31. The van der Waals surface area contributed by atoms with Crippen LogP contribution in [0.4, 0.5) is 5.69 Å². The Morgan fingerprint density at radius 1 is 1.12 bits per heavy atom. The fourth-order valence-electron chi connectivity index (χ4n) is 2.41. The molecule has 0 aliphatic heterocycles. The summed E-state index contributed by atoms with van der Waals surface area (Å²) in [6.07, 6.45) is 0. The predicted molar refractivity (Wildman–Crippen MR) is 105 cm³/mol. The number of hydrogen-bond donors (Lipinski definition) is 2. The Bertz CT molecular complexity index is 712. The molecule has 0 amide bonds. The van der Waals surface area contributed by atoms with Gasteiger partial charge in [0.15, 0.2) is 5.96 Å². The number of aliphatic imine (C=N–C) groups is 1. The SMILES string of the molecule is COc1ccccc1NC(N)=NCc1ccccc1CN(C)C(C)C. The van der Waals surface area contributed by atoms with Crippen molar-refractivity contribution in [2.45, 2.75) is 33.0 Å². The average Bonchev–Trinajstić information content (AvgIpc) is 2.61. The van der Waals surface area contributed by atoms with Crippen molar-refractivity contribution in [2.75, 3.05) is 19.5 Å². The highest BCUT2D eigenvalue weighted by atomic mass is 16.5. The molecule has 0 heterocycles. The predicted octanol–water partition coefficient (Wildman–Crippen LogP) is 3.46. The van der Waals surface area contributed by atoms with E-state index in [0.717, 1.165) is 18.0 Å². The quantitative estimate of drug-likeness (QED) is 0.598. The molecule has 0 atom stereocenters. The summed E-state index contributed by atoms with van der Waals surface area (Å²) in [5.74, 6) is 1.11. The minimum Gasteiger partial charge on any atom is -0.495 e. The molecule has 2 aromatic rings. The Hall–Kier alpha value is -2.53. The van der Waals surface area contributed by atoms with Gasteiger partial charge in [-0.25, -0.2) is 4.99 Å². The van der Waals surface area contributed by atoms with Gasteiger partial charge < -0.3 is 15.8 Å². The first-order valence-electron chi connectivity index (χ1n) is 8.48. The maximum Gasteiger partial charge on any atom is 0.193 e. The summed E-state index contributed by atoms with van der Waals surface area (Å²) in [6.45, 7) is 5.81. The lowest BCUT2D eigenvalue weighted by atomic mass is 10.1. The molecule has 0 saturated carbocycles. The maximum absolute atomic E-state index is 6.05. The number of methoxy groups -OCH3 is 1. The third-order valence-corrected chi connectivity index (χ3v) is 4.21. The molecule has 25 heavy (non-hydrogen) atoms. The van der Waals surface area contributed by atoms with Crippen LogP contribution < -0.4 is 15.8 Å². The standard InChI is InChI=1S/C20H28N4O/c1-15(2)24(3)14-17-10-6-5-9-16(17)13-22-20(21)23-18-11-7-8-12-19(18)25-4/h5-12,15H,13-14H2,1-4H3,(H3,21,22,23). The van der Waals surface area contributed by atoms with Crippen molar-refractivity contribution >= 4 is 11.6 Å². The second kappa shape index (κ2) is 9.08. The summed E-state index contributed by atoms with van der Waals surface area (Å²) >= 11 is 0. The molecule has 134 valence electrons. The number of nitrogens with two attached hydrogens (primary N) is 1. The topological polar surface area (TPSA) is 62.9 Å². The van der Waals surface area contributed by atoms with Crippen molar-refractivity contribution in [1.82, 2.24) is 4.90 Å². The highest BCUT2D eigenvalue weighted by molar-refractivity contribution is 5.93. The van der Waals surface area contributed by atoms with Crippen molar-refractivity contribution in [3.8, 4) is 5.75 Å². The fourth-order valence-corrected chi connectivity index (χ4v) is 2.41. The Morgan fingerprint density at radius 2 is 1.76 bits per heavy atom. The first-order chi connectivity index (χ1) is 12.0. The van der Waals surface area contributed by atoms with Gasteiger partial charge in [0.25, 0.3) is 0 Å². The van der Waals surface area contributed by atoms with Gasteiger partial charge in [0, 0.05) is 12.6 Å². The van der Waals surface area contributed by atoms with Crippen molar-refractivity contribution in [1.29, 1.82) is 0 Å². The monoisotopic (exact) mass is 340 g/mol. The highest BCUT2D eigenvalue weighted by Crippen LogP contribution is 2.22. The summed E-state index contributed by atoms with van der Waals surface area (Å²) in [4.78, 5) is 6.79. The van der Waals surface area contributed by atoms with Gasteiger partial charge in [0.2, 0.25) is 0 Å². The van der Waals surface area contributed by atoms with E-state index in [2.05, 4.69) is 54.3 Å². The van der Waals surface area contributed by atoms with Crippen molar-refractivity contribution in [3.05, 3.63) is 59.7 Å². The van der Waals surface area contributed by atoms with Crippen LogP contribution in [0.5, 0.6) is 5.75 Å². The average molecular weight is 340 g/mol. The fraction of sp³-hybridized carbons (Fsp3) is 0.350. The zero-order valence-corrected chi connectivity index (χ0v) is 15.5. The van der Waals surface area contributed by atoms with Crippen LogP contribution in [0, 0.1) is 0 Å². The van der Waals surface area contributed by atoms with Crippen LogP contribution in [-0.4, -0.2) is 31.1 Å². The van der Waals surface area contributed by atoms with Gasteiger partial charge in [-0.15, -0.1) is 0 Å².